The van der Waals surface area contributed by atoms with Gasteiger partial charge in [-0.25, -0.2) is 0 Å². The van der Waals surface area contributed by atoms with E-state index in [1.807, 2.05) is 0 Å². The molecule has 0 aromatic heterocycles. The van der Waals surface area contributed by atoms with Crippen molar-refractivity contribution in [1.82, 2.24) is 5.31 Å². The van der Waals surface area contributed by atoms with Gasteiger partial charge in [-0.2, -0.15) is 0 Å². The van der Waals surface area contributed by atoms with Crippen molar-refractivity contribution >= 4 is 0 Å². The van der Waals surface area contributed by atoms with Crippen LogP contribution in [-0.2, 0) is 0 Å². The smallest absolute Gasteiger partial charge is 0.159 e. The van der Waals surface area contributed by atoms with Gasteiger partial charge in [0.2, 0.25) is 0 Å². The summed E-state index contributed by atoms with van der Waals surface area (Å²) in [6, 6.07) is 0. The molecule has 1 aliphatic heterocycles. The highest BCUT2D eigenvalue weighted by Crippen LogP contribution is 1.94. The van der Waals surface area contributed by atoms with Crippen LogP contribution in [0.1, 0.15) is 11.9 Å². The Bertz CT molecular complexity index is 194. The Labute approximate surface area is 49.9 Å². The van der Waals surface area contributed by atoms with Crippen molar-refractivity contribution in [2.24, 2.45) is 0 Å². The molecule has 0 saturated carbocycles. The van der Waals surface area contributed by atoms with E-state index in [1.54, 1.807) is 0 Å². The van der Waals surface area contributed by atoms with Crippen LogP contribution in [-0.4, -0.2) is 17.7 Å². The Kier molecular flexibility index (Phi) is 0.421. The molecule has 2 heteroatoms. The molecular formula is C5H9NO. The molecule has 1 rings (SSSR count). The van der Waals surface area contributed by atoms with Crippen LogP contribution >= 0.6 is 0 Å². The lowest BCUT2D eigenvalue weighted by Crippen LogP contribution is -2.19. The molecule has 1 unspecified atom stereocenters. The minimum atomic E-state index is -2.50. The number of rotatable bonds is 0. The summed E-state index contributed by atoms with van der Waals surface area (Å²) in [7, 11) is 0. The van der Waals surface area contributed by atoms with Gasteiger partial charge in [0.15, 0.2) is 1.41 Å². The van der Waals surface area contributed by atoms with E-state index < -0.39 is 19.0 Å². The lowest BCUT2D eigenvalue weighted by atomic mass is 10.2. The van der Waals surface area contributed by atoms with Crippen LogP contribution in [0.2, 0.25) is 1.41 Å². The van der Waals surface area contributed by atoms with Crippen LogP contribution in [0, 0.1) is 0 Å². The van der Waals surface area contributed by atoms with Crippen LogP contribution < -0.4 is 5.31 Å². The van der Waals surface area contributed by atoms with E-state index in [0.29, 0.717) is 5.31 Å². The first-order valence-corrected chi connectivity index (χ1v) is 1.95. The highest BCUT2D eigenvalue weighted by Gasteiger charge is 1.99. The number of aliphatic hydroxyl groups excluding tert-OH is 1. The first kappa shape index (κ1) is 1.49. The zero-order chi connectivity index (χ0) is 9.57. The molecule has 7 heavy (non-hydrogen) atoms. The van der Waals surface area contributed by atoms with E-state index in [-0.39, 0.29) is 0 Å². The summed E-state index contributed by atoms with van der Waals surface area (Å²) in [4.78, 5) is 0. The van der Waals surface area contributed by atoms with Gasteiger partial charge in [0, 0.05) is 12.0 Å². The first-order chi connectivity index (χ1) is 5.30. The summed E-state index contributed by atoms with van der Waals surface area (Å²) in [5, 5.41) is 9.44. The summed E-state index contributed by atoms with van der Waals surface area (Å²) in [5.74, 6) is 0. The van der Waals surface area contributed by atoms with Gasteiger partial charge >= 0.3 is 0 Å². The van der Waals surface area contributed by atoms with Crippen LogP contribution in [0.25, 0.3) is 0 Å². The molecule has 0 aliphatic carbocycles. The van der Waals surface area contributed by atoms with Crippen molar-refractivity contribution in [2.75, 3.05) is 6.50 Å². The molecule has 0 fully saturated rings. The maximum atomic E-state index is 9.08. The van der Waals surface area contributed by atoms with E-state index in [2.05, 4.69) is 0 Å². The van der Waals surface area contributed by atoms with Gasteiger partial charge in [-0.1, -0.05) is 0 Å². The Balaban J connectivity index is 3.07. The fourth-order valence-electron chi connectivity index (χ4n) is 0.313. The van der Waals surface area contributed by atoms with E-state index >= 15 is 0 Å². The summed E-state index contributed by atoms with van der Waals surface area (Å²) >= 11 is 0. The Morgan fingerprint density at radius 1 is 2.14 bits per heavy atom. The number of hydrogen-bond donors (Lipinski definition) is 2. The van der Waals surface area contributed by atoms with Gasteiger partial charge in [-0.15, -0.1) is 0 Å². The Morgan fingerprint density at radius 2 is 3.00 bits per heavy atom. The first-order valence-electron chi connectivity index (χ1n) is 4.39. The predicted octanol–water partition coefficient (Wildman–Crippen LogP) is -0.146. The summed E-state index contributed by atoms with van der Waals surface area (Å²) < 4.78 is 35.8. The van der Waals surface area contributed by atoms with Crippen molar-refractivity contribution in [2.45, 2.75) is 12.5 Å². The maximum Gasteiger partial charge on any atom is 0.159 e. The molecule has 40 valence electrons. The average Bonchev–Trinajstić information content (AvgIpc) is 1.96. The number of aliphatic hydroxyl groups is 1. The van der Waals surface area contributed by atoms with E-state index in [4.69, 9.17) is 12.0 Å². The molecule has 1 heterocycles. The maximum absolute atomic E-state index is 9.08. The van der Waals surface area contributed by atoms with E-state index in [9.17, 15) is 0 Å². The zero-order valence-corrected chi connectivity index (χ0v) is 3.63. The highest BCUT2D eigenvalue weighted by molar-refractivity contribution is 4.91. The lowest BCUT2D eigenvalue weighted by molar-refractivity contribution is 0.207. The second-order valence-electron chi connectivity index (χ2n) is 1.17. The third-order valence-corrected chi connectivity index (χ3v) is 0.620. The van der Waals surface area contributed by atoms with Gasteiger partial charge in [0.1, 0.15) is 0 Å². The van der Waals surface area contributed by atoms with Crippen LogP contribution in [0.15, 0.2) is 12.3 Å². The fourth-order valence-corrected chi connectivity index (χ4v) is 0.313. The van der Waals surface area contributed by atoms with Crippen molar-refractivity contribution < 1.29 is 12.0 Å². The van der Waals surface area contributed by atoms with Gasteiger partial charge < -0.3 is 10.4 Å². The summed E-state index contributed by atoms with van der Waals surface area (Å²) in [5.41, 5.74) is 0. The quantitative estimate of drug-likeness (QED) is 0.448. The molecule has 1 aliphatic rings. The molecule has 2 nitrogen and oxygen atoms in total. The van der Waals surface area contributed by atoms with Gasteiger partial charge in [0.05, 0.1) is 6.10 Å². The molecule has 0 saturated heterocycles. The number of hydrogen-bond acceptors (Lipinski definition) is 2. The van der Waals surface area contributed by atoms with Crippen LogP contribution in [0.5, 0.6) is 0 Å². The SMILES string of the molecule is [2H]N1C=CC(O)C([2H])([2H])C1([2H])[2H]. The molecule has 1 atom stereocenters. The minimum Gasteiger partial charge on any atom is -0.391 e. The standard InChI is InChI=1S/C5H9NO/c7-5-1-3-6-4-2-5/h1,3,5-7H,2,4H2/i2D2,4D2/hD. The molecule has 0 spiro atoms. The molecule has 0 aromatic rings. The highest BCUT2D eigenvalue weighted by atomic mass is 16.3. The second kappa shape index (κ2) is 1.98. The topological polar surface area (TPSA) is 32.3 Å². The fraction of sp³-hybridized carbons (Fsp3) is 0.600. The monoisotopic (exact) mass is 104 g/mol. The number of nitrogens with one attached hydrogen (secondary N) is 1. The van der Waals surface area contributed by atoms with Gasteiger partial charge in [-0.3, -0.25) is 0 Å². The largest absolute Gasteiger partial charge is 0.391 e. The molecule has 0 amide bonds. The van der Waals surface area contributed by atoms with Crippen LogP contribution in [0.4, 0.5) is 0 Å². The molecule has 2 N–H and O–H groups in total. The molecule has 0 bridgehead atoms. The van der Waals surface area contributed by atoms with Gasteiger partial charge in [-0.05, 0) is 18.6 Å². The van der Waals surface area contributed by atoms with E-state index in [1.165, 1.54) is 0 Å². The molecule has 0 radical (unpaired) electrons. The second-order valence-corrected chi connectivity index (χ2v) is 1.17. The van der Waals surface area contributed by atoms with Crippen molar-refractivity contribution in [3.8, 4) is 0 Å². The van der Waals surface area contributed by atoms with Crippen molar-refractivity contribution in [3.05, 3.63) is 12.3 Å². The van der Waals surface area contributed by atoms with Crippen molar-refractivity contribution in [1.29, 1.82) is 0 Å². The zero-order valence-electron chi connectivity index (χ0n) is 8.63. The van der Waals surface area contributed by atoms with E-state index in [0.717, 1.165) is 12.3 Å². The average molecular weight is 104 g/mol. The Morgan fingerprint density at radius 3 is 3.71 bits per heavy atom. The summed E-state index contributed by atoms with van der Waals surface area (Å²) in [6.45, 7) is -2.50. The third kappa shape index (κ3) is 1.20. The van der Waals surface area contributed by atoms with Crippen LogP contribution in [0.3, 0.4) is 0 Å². The third-order valence-electron chi connectivity index (χ3n) is 0.620. The molecule has 0 aromatic carbocycles. The lowest BCUT2D eigenvalue weighted by Gasteiger charge is -2.09. The molecular weight excluding hydrogens is 90.1 g/mol. The van der Waals surface area contributed by atoms with Crippen molar-refractivity contribution in [3.63, 3.8) is 0 Å². The minimum absolute atomic E-state index is 0.361. The summed E-state index contributed by atoms with van der Waals surface area (Å²) in [6.07, 6.45) is -1.90. The van der Waals surface area contributed by atoms with Gasteiger partial charge in [0.25, 0.3) is 0 Å². The normalized spacial score (nSPS) is 55.9. The Hall–Kier alpha value is -0.500. The predicted molar refractivity (Wildman–Crippen MR) is 27.8 cm³/mol.